The van der Waals surface area contributed by atoms with Crippen LogP contribution in [-0.4, -0.2) is 15.8 Å². The molecule has 92 valence electrons. The van der Waals surface area contributed by atoms with Gasteiger partial charge in [0.05, 0.1) is 12.0 Å². The lowest BCUT2D eigenvalue weighted by Gasteiger charge is -2.01. The summed E-state index contributed by atoms with van der Waals surface area (Å²) in [6.07, 6.45) is 4.93. The van der Waals surface area contributed by atoms with Gasteiger partial charge in [0, 0.05) is 11.3 Å². The summed E-state index contributed by atoms with van der Waals surface area (Å²) in [4.78, 5) is 19.1. The molecule has 0 unspecified atom stereocenters. The molecule has 18 heavy (non-hydrogen) atoms. The molecule has 0 aliphatic rings. The van der Waals surface area contributed by atoms with Crippen molar-refractivity contribution in [3.63, 3.8) is 0 Å². The highest BCUT2D eigenvalue weighted by Gasteiger charge is 2.04. The van der Waals surface area contributed by atoms with Crippen molar-refractivity contribution >= 4 is 11.9 Å². The van der Waals surface area contributed by atoms with Gasteiger partial charge in [0.1, 0.15) is 0 Å². The van der Waals surface area contributed by atoms with E-state index >= 15 is 0 Å². The summed E-state index contributed by atoms with van der Waals surface area (Å²) in [7, 11) is 0. The SMILES string of the molecule is Cc1cc(C)cc(C(=O)/C=C/c2nc[nH]c2C)c1. The first-order valence-electron chi connectivity index (χ1n) is 5.87. The van der Waals surface area contributed by atoms with E-state index in [2.05, 4.69) is 16.0 Å². The van der Waals surface area contributed by atoms with Crippen LogP contribution < -0.4 is 0 Å². The first kappa shape index (κ1) is 12.3. The van der Waals surface area contributed by atoms with Gasteiger partial charge in [-0.3, -0.25) is 4.79 Å². The van der Waals surface area contributed by atoms with Gasteiger partial charge in [-0.05, 0) is 45.1 Å². The number of benzene rings is 1. The van der Waals surface area contributed by atoms with Gasteiger partial charge in [-0.2, -0.15) is 0 Å². The average molecular weight is 240 g/mol. The highest BCUT2D eigenvalue weighted by atomic mass is 16.1. The molecule has 0 fully saturated rings. The third-order valence-electron chi connectivity index (χ3n) is 2.77. The minimum Gasteiger partial charge on any atom is -0.348 e. The number of carbonyl (C=O) groups excluding carboxylic acids is 1. The predicted molar refractivity (Wildman–Crippen MR) is 72.6 cm³/mol. The molecule has 3 heteroatoms. The van der Waals surface area contributed by atoms with Gasteiger partial charge in [0.2, 0.25) is 0 Å². The molecular formula is C15H16N2O. The summed E-state index contributed by atoms with van der Waals surface area (Å²) in [5.74, 6) is 0.00389. The van der Waals surface area contributed by atoms with Crippen molar-refractivity contribution in [2.45, 2.75) is 20.8 Å². The number of nitrogens with one attached hydrogen (secondary N) is 1. The zero-order chi connectivity index (χ0) is 13.1. The molecule has 1 heterocycles. The van der Waals surface area contributed by atoms with E-state index < -0.39 is 0 Å². The minimum atomic E-state index is 0.00389. The van der Waals surface area contributed by atoms with E-state index in [1.165, 1.54) is 0 Å². The van der Waals surface area contributed by atoms with Gasteiger partial charge in [0.25, 0.3) is 0 Å². The van der Waals surface area contributed by atoms with Crippen LogP contribution in [0.3, 0.4) is 0 Å². The fourth-order valence-corrected chi connectivity index (χ4v) is 1.91. The Morgan fingerprint density at radius 1 is 1.17 bits per heavy atom. The normalized spacial score (nSPS) is 11.1. The number of aromatic amines is 1. The quantitative estimate of drug-likeness (QED) is 0.661. The molecule has 0 bridgehead atoms. The molecule has 0 atom stereocenters. The van der Waals surface area contributed by atoms with Crippen LogP contribution in [-0.2, 0) is 0 Å². The lowest BCUT2D eigenvalue weighted by molar-refractivity contribution is 0.104. The van der Waals surface area contributed by atoms with Crippen molar-refractivity contribution in [1.29, 1.82) is 0 Å². The molecule has 1 N–H and O–H groups in total. The summed E-state index contributed by atoms with van der Waals surface area (Å²) in [6, 6.07) is 5.85. The van der Waals surface area contributed by atoms with E-state index in [-0.39, 0.29) is 5.78 Å². The number of rotatable bonds is 3. The Labute approximate surface area is 107 Å². The molecule has 0 radical (unpaired) electrons. The van der Waals surface area contributed by atoms with Crippen molar-refractivity contribution in [1.82, 2.24) is 9.97 Å². The third-order valence-corrected chi connectivity index (χ3v) is 2.77. The molecule has 0 aliphatic heterocycles. The molecule has 1 aromatic carbocycles. The molecule has 1 aromatic heterocycles. The van der Waals surface area contributed by atoms with Crippen LogP contribution >= 0.6 is 0 Å². The zero-order valence-corrected chi connectivity index (χ0v) is 10.8. The smallest absolute Gasteiger partial charge is 0.185 e. The topological polar surface area (TPSA) is 45.8 Å². The highest BCUT2D eigenvalue weighted by Crippen LogP contribution is 2.11. The molecule has 0 spiro atoms. The van der Waals surface area contributed by atoms with Gasteiger partial charge in [0.15, 0.2) is 5.78 Å². The summed E-state index contributed by atoms with van der Waals surface area (Å²) in [5.41, 5.74) is 4.68. The van der Waals surface area contributed by atoms with Crippen LogP contribution in [0.15, 0.2) is 30.6 Å². The number of hydrogen-bond donors (Lipinski definition) is 1. The highest BCUT2D eigenvalue weighted by molar-refractivity contribution is 6.06. The van der Waals surface area contributed by atoms with Crippen molar-refractivity contribution in [3.05, 3.63) is 58.7 Å². The molecule has 0 aliphatic carbocycles. The van der Waals surface area contributed by atoms with E-state index in [0.717, 1.165) is 28.1 Å². The van der Waals surface area contributed by atoms with E-state index in [9.17, 15) is 4.79 Å². The number of nitrogens with zero attached hydrogens (tertiary/aromatic N) is 1. The molecule has 0 saturated carbocycles. The van der Waals surface area contributed by atoms with Gasteiger partial charge in [-0.15, -0.1) is 0 Å². The monoisotopic (exact) mass is 240 g/mol. The molecule has 2 rings (SSSR count). The average Bonchev–Trinajstić information content (AvgIpc) is 2.70. The molecule has 0 saturated heterocycles. The number of imidazole rings is 1. The second-order valence-corrected chi connectivity index (χ2v) is 4.49. The van der Waals surface area contributed by atoms with Gasteiger partial charge in [-0.25, -0.2) is 4.98 Å². The number of hydrogen-bond acceptors (Lipinski definition) is 2. The van der Waals surface area contributed by atoms with Gasteiger partial charge in [-0.1, -0.05) is 17.2 Å². The Morgan fingerprint density at radius 3 is 2.39 bits per heavy atom. The van der Waals surface area contributed by atoms with E-state index in [0.29, 0.717) is 0 Å². The van der Waals surface area contributed by atoms with E-state index in [1.807, 2.05) is 32.9 Å². The van der Waals surface area contributed by atoms with Crippen LogP contribution in [0.4, 0.5) is 0 Å². The Bertz CT molecular complexity index is 588. The predicted octanol–water partition coefficient (Wildman–Crippen LogP) is 3.23. The van der Waals surface area contributed by atoms with Crippen LogP contribution in [0.1, 0.15) is 32.9 Å². The lowest BCUT2D eigenvalue weighted by Crippen LogP contribution is -1.96. The van der Waals surface area contributed by atoms with Crippen molar-refractivity contribution in [2.75, 3.05) is 0 Å². The molecule has 0 amide bonds. The number of aryl methyl sites for hydroxylation is 3. The zero-order valence-electron chi connectivity index (χ0n) is 10.8. The summed E-state index contributed by atoms with van der Waals surface area (Å²) in [5, 5.41) is 0. The van der Waals surface area contributed by atoms with E-state index in [4.69, 9.17) is 0 Å². The second-order valence-electron chi connectivity index (χ2n) is 4.49. The fraction of sp³-hybridized carbons (Fsp3) is 0.200. The third kappa shape index (κ3) is 2.74. The summed E-state index contributed by atoms with van der Waals surface area (Å²) in [6.45, 7) is 5.91. The van der Waals surface area contributed by atoms with Crippen LogP contribution in [0.2, 0.25) is 0 Å². The van der Waals surface area contributed by atoms with Gasteiger partial charge < -0.3 is 4.98 Å². The number of H-pyrrole nitrogens is 1. The van der Waals surface area contributed by atoms with Gasteiger partial charge >= 0.3 is 0 Å². The van der Waals surface area contributed by atoms with Crippen molar-refractivity contribution in [3.8, 4) is 0 Å². The summed E-state index contributed by atoms with van der Waals surface area (Å²) < 4.78 is 0. The Morgan fingerprint density at radius 2 is 1.83 bits per heavy atom. The maximum atomic E-state index is 12.0. The standard InChI is InChI=1S/C15H16N2O/c1-10-6-11(2)8-13(7-10)15(18)5-4-14-12(3)16-9-17-14/h4-9H,1-3H3,(H,16,17)/b5-4+. The molecule has 3 nitrogen and oxygen atoms in total. The first-order chi connectivity index (χ1) is 8.56. The minimum absolute atomic E-state index is 0.00389. The first-order valence-corrected chi connectivity index (χ1v) is 5.87. The van der Waals surface area contributed by atoms with Crippen LogP contribution in [0.25, 0.3) is 6.08 Å². The molecular weight excluding hydrogens is 224 g/mol. The Balaban J connectivity index is 2.22. The van der Waals surface area contributed by atoms with Crippen molar-refractivity contribution in [2.24, 2.45) is 0 Å². The number of aromatic nitrogens is 2. The number of carbonyl (C=O) groups is 1. The van der Waals surface area contributed by atoms with Crippen LogP contribution in [0, 0.1) is 20.8 Å². The van der Waals surface area contributed by atoms with E-state index in [1.54, 1.807) is 18.5 Å². The fourth-order valence-electron chi connectivity index (χ4n) is 1.91. The maximum Gasteiger partial charge on any atom is 0.185 e. The number of allylic oxidation sites excluding steroid dienone is 1. The Hall–Kier alpha value is -2.16. The van der Waals surface area contributed by atoms with Crippen LogP contribution in [0.5, 0.6) is 0 Å². The van der Waals surface area contributed by atoms with Crippen molar-refractivity contribution < 1.29 is 4.79 Å². The largest absolute Gasteiger partial charge is 0.348 e. The number of ketones is 1. The maximum absolute atomic E-state index is 12.0. The summed E-state index contributed by atoms with van der Waals surface area (Å²) >= 11 is 0. The lowest BCUT2D eigenvalue weighted by atomic mass is 10.0. The second kappa shape index (κ2) is 5.00. The Kier molecular flexibility index (Phi) is 3.42. The molecule has 2 aromatic rings.